The molecule has 0 amide bonds. The predicted molar refractivity (Wildman–Crippen MR) is 50.4 cm³/mol. The van der Waals surface area contributed by atoms with Crippen molar-refractivity contribution in [3.05, 3.63) is 26.4 Å². The van der Waals surface area contributed by atoms with Crippen LogP contribution in [0.1, 0.15) is 5.56 Å². The molecule has 1 aromatic heterocycles. The number of aryl methyl sites for hydroxylation is 1. The van der Waals surface area contributed by atoms with Gasteiger partial charge in [0.25, 0.3) is 10.0 Å². The van der Waals surface area contributed by atoms with Gasteiger partial charge in [0, 0.05) is 9.43 Å². The highest BCUT2D eigenvalue weighted by atomic mass is 35.5. The minimum Gasteiger partial charge on any atom is -0.215 e. The van der Waals surface area contributed by atoms with Gasteiger partial charge in [-0.1, -0.05) is 11.6 Å². The zero-order valence-electron chi connectivity index (χ0n) is 6.43. The maximum atomic E-state index is 11.1. The topological polar surface area (TPSA) is 82.9 Å². The summed E-state index contributed by atoms with van der Waals surface area (Å²) in [5.74, 6) is 0. The molecule has 0 spiro atoms. The standard InChI is InChI=1S/C5H4ClN3O2S2/c1-3-2-4(12-5(3)6)13(10,11)9-8-7/h2H,1H3. The number of thiophene rings is 1. The summed E-state index contributed by atoms with van der Waals surface area (Å²) in [6, 6.07) is 1.37. The van der Waals surface area contributed by atoms with Crippen LogP contribution in [-0.2, 0) is 10.0 Å². The quantitative estimate of drug-likeness (QED) is 0.450. The third kappa shape index (κ3) is 2.13. The Kier molecular flexibility index (Phi) is 2.82. The molecular formula is C5H4ClN3O2S2. The van der Waals surface area contributed by atoms with E-state index in [1.54, 1.807) is 6.92 Å². The first-order chi connectivity index (χ1) is 5.97. The van der Waals surface area contributed by atoms with Gasteiger partial charge >= 0.3 is 0 Å². The monoisotopic (exact) mass is 237 g/mol. The van der Waals surface area contributed by atoms with E-state index in [-0.39, 0.29) is 4.21 Å². The third-order valence-corrected chi connectivity index (χ3v) is 4.38. The fourth-order valence-electron chi connectivity index (χ4n) is 0.647. The Morgan fingerprint density at radius 2 is 2.31 bits per heavy atom. The highest BCUT2D eigenvalue weighted by molar-refractivity contribution is 7.92. The molecule has 0 radical (unpaired) electrons. The summed E-state index contributed by atoms with van der Waals surface area (Å²) >= 11 is 6.53. The van der Waals surface area contributed by atoms with Crippen molar-refractivity contribution in [1.29, 1.82) is 0 Å². The average Bonchev–Trinajstić information content (AvgIpc) is 2.33. The first-order valence-electron chi connectivity index (χ1n) is 3.04. The maximum absolute atomic E-state index is 11.1. The molecule has 8 heteroatoms. The summed E-state index contributed by atoms with van der Waals surface area (Å²) in [6.07, 6.45) is 0. The van der Waals surface area contributed by atoms with Crippen molar-refractivity contribution in [2.75, 3.05) is 0 Å². The second-order valence-corrected chi connectivity index (χ2v) is 5.63. The number of rotatable bonds is 2. The molecule has 5 nitrogen and oxygen atoms in total. The lowest BCUT2D eigenvalue weighted by atomic mass is 10.4. The number of nitrogens with zero attached hydrogens (tertiary/aromatic N) is 3. The molecule has 0 saturated carbocycles. The van der Waals surface area contributed by atoms with Crippen molar-refractivity contribution < 1.29 is 8.42 Å². The Bertz CT molecular complexity index is 452. The van der Waals surface area contributed by atoms with Gasteiger partial charge in [-0.05, 0) is 24.1 Å². The molecular weight excluding hydrogens is 234 g/mol. The van der Waals surface area contributed by atoms with E-state index >= 15 is 0 Å². The van der Waals surface area contributed by atoms with Crippen LogP contribution in [0.4, 0.5) is 0 Å². The SMILES string of the molecule is Cc1cc(S(=O)(=O)N=[N+]=[N-])sc1Cl. The van der Waals surface area contributed by atoms with Crippen LogP contribution < -0.4 is 0 Å². The van der Waals surface area contributed by atoms with Crippen molar-refractivity contribution in [3.8, 4) is 0 Å². The van der Waals surface area contributed by atoms with E-state index in [4.69, 9.17) is 17.1 Å². The smallest absolute Gasteiger partial charge is 0.215 e. The lowest BCUT2D eigenvalue weighted by Gasteiger charge is -1.87. The fourth-order valence-corrected chi connectivity index (χ4v) is 2.99. The highest BCUT2D eigenvalue weighted by Crippen LogP contribution is 2.30. The Morgan fingerprint density at radius 1 is 1.69 bits per heavy atom. The van der Waals surface area contributed by atoms with Crippen LogP contribution in [0.25, 0.3) is 10.4 Å². The molecule has 0 aliphatic rings. The molecule has 0 fully saturated rings. The van der Waals surface area contributed by atoms with Crippen molar-refractivity contribution in [1.82, 2.24) is 0 Å². The number of halogens is 1. The summed E-state index contributed by atoms with van der Waals surface area (Å²) in [6.45, 7) is 1.67. The fraction of sp³-hybridized carbons (Fsp3) is 0.200. The Hall–Kier alpha value is -0.750. The van der Waals surface area contributed by atoms with Gasteiger partial charge in [-0.25, -0.2) is 8.42 Å². The molecule has 0 aliphatic carbocycles. The lowest BCUT2D eigenvalue weighted by molar-refractivity contribution is 0.599. The van der Waals surface area contributed by atoms with E-state index in [0.29, 0.717) is 9.90 Å². The molecule has 1 rings (SSSR count). The van der Waals surface area contributed by atoms with Crippen LogP contribution in [0.2, 0.25) is 4.34 Å². The molecule has 0 aliphatic heterocycles. The zero-order valence-corrected chi connectivity index (χ0v) is 8.82. The Balaban J connectivity index is 3.31. The van der Waals surface area contributed by atoms with Crippen LogP contribution in [0.3, 0.4) is 0 Å². The average molecular weight is 238 g/mol. The highest BCUT2D eigenvalue weighted by Gasteiger charge is 2.16. The molecule has 1 aromatic rings. The van der Waals surface area contributed by atoms with Crippen LogP contribution >= 0.6 is 22.9 Å². The molecule has 0 unspecified atom stereocenters. The van der Waals surface area contributed by atoms with E-state index in [0.717, 1.165) is 11.3 Å². The van der Waals surface area contributed by atoms with Crippen molar-refractivity contribution in [2.24, 2.45) is 4.52 Å². The van der Waals surface area contributed by atoms with Crippen LogP contribution in [0.15, 0.2) is 14.8 Å². The largest absolute Gasteiger partial charge is 0.273 e. The number of hydrogen-bond donors (Lipinski definition) is 0. The van der Waals surface area contributed by atoms with Gasteiger partial charge in [0.2, 0.25) is 0 Å². The maximum Gasteiger partial charge on any atom is 0.273 e. The van der Waals surface area contributed by atoms with Crippen LogP contribution in [0.5, 0.6) is 0 Å². The molecule has 70 valence electrons. The normalized spacial score (nSPS) is 10.9. The summed E-state index contributed by atoms with van der Waals surface area (Å²) in [7, 11) is -3.87. The molecule has 0 aromatic carbocycles. The van der Waals surface area contributed by atoms with Crippen molar-refractivity contribution in [2.45, 2.75) is 11.1 Å². The molecule has 0 atom stereocenters. The van der Waals surface area contributed by atoms with E-state index in [9.17, 15) is 8.42 Å². The van der Waals surface area contributed by atoms with Gasteiger partial charge in [0.15, 0.2) is 0 Å². The number of hydrogen-bond acceptors (Lipinski definition) is 3. The molecule has 0 bridgehead atoms. The first-order valence-corrected chi connectivity index (χ1v) is 5.68. The number of azide groups is 1. The van der Waals surface area contributed by atoms with Gasteiger partial charge in [-0.15, -0.1) is 11.3 Å². The molecule has 0 N–H and O–H groups in total. The van der Waals surface area contributed by atoms with E-state index in [2.05, 4.69) is 9.43 Å². The predicted octanol–water partition coefficient (Wildman–Crippen LogP) is 2.71. The lowest BCUT2D eigenvalue weighted by Crippen LogP contribution is -1.90. The summed E-state index contributed by atoms with van der Waals surface area (Å²) < 4.78 is 25.3. The second kappa shape index (κ2) is 3.55. The molecule has 1 heterocycles. The second-order valence-electron chi connectivity index (χ2n) is 2.17. The van der Waals surface area contributed by atoms with Gasteiger partial charge in [0.1, 0.15) is 4.21 Å². The summed E-state index contributed by atoms with van der Waals surface area (Å²) in [4.78, 5) is 2.22. The zero-order chi connectivity index (χ0) is 10.1. The molecule has 13 heavy (non-hydrogen) atoms. The van der Waals surface area contributed by atoms with E-state index < -0.39 is 10.0 Å². The Labute approximate surface area is 83.6 Å². The minimum atomic E-state index is -3.87. The Morgan fingerprint density at radius 3 is 2.69 bits per heavy atom. The van der Waals surface area contributed by atoms with E-state index in [1.807, 2.05) is 0 Å². The summed E-state index contributed by atoms with van der Waals surface area (Å²) in [5.41, 5.74) is 8.64. The van der Waals surface area contributed by atoms with Gasteiger partial charge in [-0.2, -0.15) is 0 Å². The van der Waals surface area contributed by atoms with E-state index in [1.165, 1.54) is 6.07 Å². The van der Waals surface area contributed by atoms with Gasteiger partial charge < -0.3 is 0 Å². The van der Waals surface area contributed by atoms with Crippen molar-refractivity contribution >= 4 is 33.0 Å². The number of sulfonamides is 1. The van der Waals surface area contributed by atoms with Crippen LogP contribution in [0, 0.1) is 6.92 Å². The van der Waals surface area contributed by atoms with Crippen LogP contribution in [-0.4, -0.2) is 8.42 Å². The van der Waals surface area contributed by atoms with Gasteiger partial charge in [-0.3, -0.25) is 0 Å². The molecule has 0 saturated heterocycles. The summed E-state index contributed by atoms with van der Waals surface area (Å²) in [5, 5.41) is 0. The minimum absolute atomic E-state index is 0.0344. The van der Waals surface area contributed by atoms with Gasteiger partial charge in [0.05, 0.1) is 4.34 Å². The first kappa shape index (κ1) is 10.3. The third-order valence-electron chi connectivity index (χ3n) is 1.23. The van der Waals surface area contributed by atoms with Crippen molar-refractivity contribution in [3.63, 3.8) is 0 Å².